The lowest BCUT2D eigenvalue weighted by atomic mass is 9.97. The van der Waals surface area contributed by atoms with Crippen LogP contribution in [0.2, 0.25) is 0 Å². The van der Waals surface area contributed by atoms with Crippen LogP contribution >= 0.6 is 11.3 Å². The number of sulfonamides is 1. The molecule has 0 aliphatic heterocycles. The minimum absolute atomic E-state index is 0.0915. The highest BCUT2D eigenvalue weighted by Crippen LogP contribution is 2.38. The molecule has 6 nitrogen and oxygen atoms in total. The lowest BCUT2D eigenvalue weighted by Gasteiger charge is -2.12. The van der Waals surface area contributed by atoms with Crippen LogP contribution < -0.4 is 10.5 Å². The molecular formula is C16H16N4O2S2. The Morgan fingerprint density at radius 2 is 1.83 bits per heavy atom. The molecule has 0 bridgehead atoms. The Hall–Kier alpha value is -2.03. The predicted octanol–water partition coefficient (Wildman–Crippen LogP) is 2.96. The van der Waals surface area contributed by atoms with E-state index >= 15 is 0 Å². The number of nitrogens with zero attached hydrogens (tertiary/aromatic N) is 2. The molecule has 0 fully saturated rings. The van der Waals surface area contributed by atoms with Crippen molar-refractivity contribution in [3.8, 4) is 0 Å². The van der Waals surface area contributed by atoms with Gasteiger partial charge in [-0.15, -0.1) is 11.3 Å². The number of fused-ring (bicyclic) bond motifs is 3. The number of primary sulfonamides is 1. The van der Waals surface area contributed by atoms with Crippen LogP contribution in [0.15, 0.2) is 35.5 Å². The van der Waals surface area contributed by atoms with E-state index in [2.05, 4.69) is 15.3 Å². The first-order valence-corrected chi connectivity index (χ1v) is 10.0. The van der Waals surface area contributed by atoms with E-state index in [0.29, 0.717) is 0 Å². The van der Waals surface area contributed by atoms with Crippen molar-refractivity contribution in [1.82, 2.24) is 9.97 Å². The van der Waals surface area contributed by atoms with Gasteiger partial charge in [-0.3, -0.25) is 0 Å². The van der Waals surface area contributed by atoms with E-state index in [1.165, 1.54) is 35.4 Å². The summed E-state index contributed by atoms with van der Waals surface area (Å²) in [7, 11) is -3.68. The molecule has 1 aromatic carbocycles. The van der Waals surface area contributed by atoms with Crippen LogP contribution in [0.5, 0.6) is 0 Å². The molecule has 0 amide bonds. The second kappa shape index (κ2) is 5.80. The highest BCUT2D eigenvalue weighted by molar-refractivity contribution is 7.89. The number of anilines is 2. The first-order chi connectivity index (χ1) is 11.5. The number of hydrogen-bond acceptors (Lipinski definition) is 6. The summed E-state index contributed by atoms with van der Waals surface area (Å²) in [6.45, 7) is 0. The average Bonchev–Trinajstić information content (AvgIpc) is 2.94. The minimum atomic E-state index is -3.68. The van der Waals surface area contributed by atoms with Crippen LogP contribution in [0.3, 0.4) is 0 Å². The molecule has 0 radical (unpaired) electrons. The van der Waals surface area contributed by atoms with Gasteiger partial charge in [-0.25, -0.2) is 23.5 Å². The molecule has 4 rings (SSSR count). The molecule has 0 saturated carbocycles. The summed E-state index contributed by atoms with van der Waals surface area (Å²) >= 11 is 1.74. The van der Waals surface area contributed by atoms with Gasteiger partial charge in [-0.05, 0) is 55.5 Å². The van der Waals surface area contributed by atoms with Gasteiger partial charge in [0.05, 0.1) is 10.3 Å². The number of aromatic nitrogens is 2. The van der Waals surface area contributed by atoms with E-state index < -0.39 is 10.0 Å². The molecule has 3 N–H and O–H groups in total. The van der Waals surface area contributed by atoms with Crippen molar-refractivity contribution in [2.24, 2.45) is 5.14 Å². The predicted molar refractivity (Wildman–Crippen MR) is 95.2 cm³/mol. The maximum atomic E-state index is 11.3. The van der Waals surface area contributed by atoms with Gasteiger partial charge < -0.3 is 5.32 Å². The van der Waals surface area contributed by atoms with Gasteiger partial charge in [-0.1, -0.05) is 0 Å². The summed E-state index contributed by atoms with van der Waals surface area (Å²) in [6, 6.07) is 6.34. The van der Waals surface area contributed by atoms with Crippen LogP contribution in [0.25, 0.3) is 10.2 Å². The molecular weight excluding hydrogens is 344 g/mol. The van der Waals surface area contributed by atoms with Crippen molar-refractivity contribution in [3.63, 3.8) is 0 Å². The molecule has 1 aliphatic rings. The fourth-order valence-corrected chi connectivity index (χ4v) is 4.79. The van der Waals surface area contributed by atoms with E-state index in [1.54, 1.807) is 29.8 Å². The van der Waals surface area contributed by atoms with E-state index in [1.807, 2.05) is 0 Å². The molecule has 2 aromatic heterocycles. The molecule has 3 aromatic rings. The summed E-state index contributed by atoms with van der Waals surface area (Å²) in [4.78, 5) is 11.3. The highest BCUT2D eigenvalue weighted by atomic mass is 32.2. The number of aryl methyl sites for hydroxylation is 2. The van der Waals surface area contributed by atoms with Gasteiger partial charge in [0, 0.05) is 10.6 Å². The first kappa shape index (κ1) is 15.5. The lowest BCUT2D eigenvalue weighted by Crippen LogP contribution is -2.11. The Morgan fingerprint density at radius 1 is 1.08 bits per heavy atom. The van der Waals surface area contributed by atoms with E-state index in [0.717, 1.165) is 34.6 Å². The fraction of sp³-hybridized carbons (Fsp3) is 0.250. The SMILES string of the molecule is NS(=O)(=O)c1ccc(Nc2ncnc3sc4c(c23)CCCC4)cc1. The Kier molecular flexibility index (Phi) is 3.75. The van der Waals surface area contributed by atoms with Crippen molar-refractivity contribution in [2.75, 3.05) is 5.32 Å². The first-order valence-electron chi connectivity index (χ1n) is 7.67. The number of hydrogen-bond donors (Lipinski definition) is 2. The van der Waals surface area contributed by atoms with Crippen LogP contribution in [-0.2, 0) is 22.9 Å². The molecule has 1 aliphatic carbocycles. The van der Waals surface area contributed by atoms with Crippen LogP contribution in [0, 0.1) is 0 Å². The van der Waals surface area contributed by atoms with Gasteiger partial charge in [0.15, 0.2) is 0 Å². The average molecular weight is 360 g/mol. The van der Waals surface area contributed by atoms with Crippen molar-refractivity contribution in [2.45, 2.75) is 30.6 Å². The Balaban J connectivity index is 1.73. The normalized spacial score (nSPS) is 14.5. The number of nitrogens with two attached hydrogens (primary N) is 1. The molecule has 0 atom stereocenters. The second-order valence-corrected chi connectivity index (χ2v) is 8.45. The maximum Gasteiger partial charge on any atom is 0.238 e. The van der Waals surface area contributed by atoms with Crippen molar-refractivity contribution >= 4 is 43.1 Å². The van der Waals surface area contributed by atoms with Crippen LogP contribution in [0.4, 0.5) is 11.5 Å². The third kappa shape index (κ3) is 2.77. The third-order valence-electron chi connectivity index (χ3n) is 4.20. The van der Waals surface area contributed by atoms with Gasteiger partial charge in [0.25, 0.3) is 0 Å². The zero-order valence-corrected chi connectivity index (χ0v) is 14.5. The van der Waals surface area contributed by atoms with Crippen molar-refractivity contribution in [3.05, 3.63) is 41.0 Å². The lowest BCUT2D eigenvalue weighted by molar-refractivity contribution is 0.598. The number of rotatable bonds is 3. The van der Waals surface area contributed by atoms with Crippen molar-refractivity contribution < 1.29 is 8.42 Å². The van der Waals surface area contributed by atoms with E-state index in [-0.39, 0.29) is 4.90 Å². The Morgan fingerprint density at radius 3 is 2.58 bits per heavy atom. The maximum absolute atomic E-state index is 11.3. The molecule has 0 saturated heterocycles. The van der Waals surface area contributed by atoms with Crippen LogP contribution in [0.1, 0.15) is 23.3 Å². The monoisotopic (exact) mass is 360 g/mol. The number of benzene rings is 1. The van der Waals surface area contributed by atoms with Crippen LogP contribution in [-0.4, -0.2) is 18.4 Å². The molecule has 24 heavy (non-hydrogen) atoms. The second-order valence-electron chi connectivity index (χ2n) is 5.81. The number of nitrogens with one attached hydrogen (secondary N) is 1. The van der Waals surface area contributed by atoms with Gasteiger partial charge in [-0.2, -0.15) is 0 Å². The Bertz CT molecular complexity index is 1010. The standard InChI is InChI=1S/C16H16N4O2S2/c17-24(21,22)11-7-5-10(6-8-11)20-15-14-12-3-1-2-4-13(12)23-16(14)19-9-18-15/h5-9H,1-4H2,(H2,17,21,22)(H,18,19,20). The summed E-state index contributed by atoms with van der Waals surface area (Å²) in [5, 5.41) is 9.50. The summed E-state index contributed by atoms with van der Waals surface area (Å²) in [6.07, 6.45) is 6.15. The van der Waals surface area contributed by atoms with Gasteiger partial charge in [0.2, 0.25) is 10.0 Å². The van der Waals surface area contributed by atoms with Gasteiger partial charge >= 0.3 is 0 Å². The topological polar surface area (TPSA) is 98.0 Å². The zero-order chi connectivity index (χ0) is 16.7. The van der Waals surface area contributed by atoms with E-state index in [4.69, 9.17) is 5.14 Å². The molecule has 124 valence electrons. The molecule has 8 heteroatoms. The smallest absolute Gasteiger partial charge is 0.238 e. The summed E-state index contributed by atoms with van der Waals surface area (Å²) in [5.74, 6) is 0.766. The molecule has 2 heterocycles. The molecule has 0 spiro atoms. The number of thiophene rings is 1. The Labute approximate surface area is 143 Å². The summed E-state index contributed by atoms with van der Waals surface area (Å²) in [5.41, 5.74) is 2.11. The third-order valence-corrected chi connectivity index (χ3v) is 6.33. The van der Waals surface area contributed by atoms with Gasteiger partial charge in [0.1, 0.15) is 17.0 Å². The van der Waals surface area contributed by atoms with E-state index in [9.17, 15) is 8.42 Å². The fourth-order valence-electron chi connectivity index (χ4n) is 3.05. The zero-order valence-electron chi connectivity index (χ0n) is 12.8. The highest BCUT2D eigenvalue weighted by Gasteiger charge is 2.20. The summed E-state index contributed by atoms with van der Waals surface area (Å²) < 4.78 is 22.7. The van der Waals surface area contributed by atoms with Crippen molar-refractivity contribution in [1.29, 1.82) is 0 Å². The largest absolute Gasteiger partial charge is 0.340 e. The minimum Gasteiger partial charge on any atom is -0.340 e. The quantitative estimate of drug-likeness (QED) is 0.748. The molecule has 0 unspecified atom stereocenters.